The summed E-state index contributed by atoms with van der Waals surface area (Å²) in [6.07, 6.45) is -4.77. The number of carbonyl (C=O) groups excluding carboxylic acids is 2. The molecule has 2 aromatic rings. The van der Waals surface area contributed by atoms with Crippen molar-refractivity contribution in [2.75, 3.05) is 22.5 Å². The van der Waals surface area contributed by atoms with E-state index in [0.717, 1.165) is 17.7 Å². The van der Waals surface area contributed by atoms with Gasteiger partial charge in [-0.3, -0.25) is 9.59 Å². The highest BCUT2D eigenvalue weighted by Crippen LogP contribution is 2.25. The third-order valence-corrected chi connectivity index (χ3v) is 3.46. The Morgan fingerprint density at radius 3 is 2.22 bits per heavy atom. The largest absolute Gasteiger partial charge is 0.573 e. The van der Waals surface area contributed by atoms with E-state index in [0.29, 0.717) is 17.1 Å². The molecule has 0 saturated heterocycles. The van der Waals surface area contributed by atoms with Crippen LogP contribution in [0, 0.1) is 6.92 Å². The zero-order chi connectivity index (χ0) is 20.0. The summed E-state index contributed by atoms with van der Waals surface area (Å²) < 4.78 is 40.1. The number of carbonyl (C=O) groups is 2. The Labute approximate surface area is 153 Å². The van der Waals surface area contributed by atoms with Gasteiger partial charge in [-0.05, 0) is 48.9 Å². The molecule has 0 aliphatic carbocycles. The minimum absolute atomic E-state index is 0.0643. The predicted molar refractivity (Wildman–Crippen MR) is 95.7 cm³/mol. The molecule has 0 fully saturated rings. The average Bonchev–Trinajstić information content (AvgIpc) is 2.56. The fourth-order valence-electron chi connectivity index (χ4n) is 2.27. The van der Waals surface area contributed by atoms with Gasteiger partial charge in [-0.1, -0.05) is 6.07 Å². The second-order valence-corrected chi connectivity index (χ2v) is 5.63. The molecular weight excluding hydrogens is 363 g/mol. The lowest BCUT2D eigenvalue weighted by Crippen LogP contribution is -2.22. The number of hydrogen-bond donors (Lipinski definition) is 3. The van der Waals surface area contributed by atoms with Crippen molar-refractivity contribution in [1.29, 1.82) is 0 Å². The normalized spacial score (nSPS) is 10.9. The summed E-state index contributed by atoms with van der Waals surface area (Å²) in [6.45, 7) is 3.13. The second kappa shape index (κ2) is 8.43. The molecule has 2 rings (SSSR count). The maximum Gasteiger partial charge on any atom is 0.573 e. The van der Waals surface area contributed by atoms with E-state index in [1.807, 2.05) is 0 Å². The highest BCUT2D eigenvalue weighted by atomic mass is 19.4. The summed E-state index contributed by atoms with van der Waals surface area (Å²) in [4.78, 5) is 23.2. The third-order valence-electron chi connectivity index (χ3n) is 3.46. The number of rotatable bonds is 6. The van der Waals surface area contributed by atoms with Gasteiger partial charge in [0, 0.05) is 24.0 Å². The summed E-state index contributed by atoms with van der Waals surface area (Å²) in [7, 11) is 0. The maximum absolute atomic E-state index is 12.1. The van der Waals surface area contributed by atoms with Crippen LogP contribution in [0.4, 0.5) is 30.2 Å². The summed E-state index contributed by atoms with van der Waals surface area (Å²) in [5.74, 6) is -0.959. The first-order valence-corrected chi connectivity index (χ1v) is 7.91. The van der Waals surface area contributed by atoms with Crippen molar-refractivity contribution in [3.05, 3.63) is 48.0 Å². The molecule has 0 spiro atoms. The third kappa shape index (κ3) is 6.53. The lowest BCUT2D eigenvalue weighted by atomic mass is 10.1. The monoisotopic (exact) mass is 381 g/mol. The molecule has 0 saturated carbocycles. The van der Waals surface area contributed by atoms with Crippen LogP contribution in [0.2, 0.25) is 0 Å². The van der Waals surface area contributed by atoms with Crippen molar-refractivity contribution in [3.8, 4) is 5.75 Å². The van der Waals surface area contributed by atoms with Crippen LogP contribution in [-0.4, -0.2) is 24.7 Å². The topological polar surface area (TPSA) is 79.5 Å². The first-order chi connectivity index (χ1) is 12.6. The van der Waals surface area contributed by atoms with Gasteiger partial charge in [0.2, 0.25) is 11.8 Å². The Morgan fingerprint density at radius 2 is 1.63 bits per heavy atom. The summed E-state index contributed by atoms with van der Waals surface area (Å²) in [5, 5.41) is 8.20. The number of nitrogens with one attached hydrogen (secondary N) is 3. The van der Waals surface area contributed by atoms with Crippen LogP contribution in [-0.2, 0) is 9.59 Å². The fraction of sp³-hybridized carbons (Fsp3) is 0.222. The Balaban J connectivity index is 1.92. The maximum atomic E-state index is 12.1. The number of benzene rings is 2. The smallest absolute Gasteiger partial charge is 0.406 e. The minimum Gasteiger partial charge on any atom is -0.406 e. The number of amides is 2. The molecule has 0 radical (unpaired) electrons. The van der Waals surface area contributed by atoms with Gasteiger partial charge in [0.1, 0.15) is 5.75 Å². The van der Waals surface area contributed by atoms with Crippen LogP contribution in [0.5, 0.6) is 5.75 Å². The highest BCUT2D eigenvalue weighted by molar-refractivity contribution is 5.94. The molecule has 0 aliphatic heterocycles. The van der Waals surface area contributed by atoms with Gasteiger partial charge < -0.3 is 20.7 Å². The number of hydrogen-bond acceptors (Lipinski definition) is 4. The van der Waals surface area contributed by atoms with Crippen LogP contribution >= 0.6 is 0 Å². The molecule has 0 unspecified atom stereocenters. The number of ether oxygens (including phenoxy) is 1. The lowest BCUT2D eigenvalue weighted by molar-refractivity contribution is -0.274. The molecule has 0 aliphatic rings. The molecule has 0 heterocycles. The quantitative estimate of drug-likeness (QED) is 0.709. The summed E-state index contributed by atoms with van der Waals surface area (Å²) in [6, 6.07) is 10.1. The van der Waals surface area contributed by atoms with Gasteiger partial charge in [-0.2, -0.15) is 0 Å². The average molecular weight is 381 g/mol. The lowest BCUT2D eigenvalue weighted by Gasteiger charge is -2.14. The van der Waals surface area contributed by atoms with Gasteiger partial charge in [0.25, 0.3) is 0 Å². The number of alkyl halides is 3. The number of anilines is 3. The Hall–Kier alpha value is -3.23. The van der Waals surface area contributed by atoms with Crippen molar-refractivity contribution in [3.63, 3.8) is 0 Å². The van der Waals surface area contributed by atoms with Crippen LogP contribution in [0.3, 0.4) is 0 Å². The van der Waals surface area contributed by atoms with E-state index >= 15 is 0 Å². The zero-order valence-electron chi connectivity index (χ0n) is 14.6. The van der Waals surface area contributed by atoms with E-state index in [-0.39, 0.29) is 24.1 Å². The first kappa shape index (κ1) is 20.1. The van der Waals surface area contributed by atoms with Crippen molar-refractivity contribution in [2.45, 2.75) is 20.2 Å². The van der Waals surface area contributed by atoms with Crippen LogP contribution in [0.15, 0.2) is 42.5 Å². The van der Waals surface area contributed by atoms with Crippen molar-refractivity contribution in [1.82, 2.24) is 0 Å². The second-order valence-electron chi connectivity index (χ2n) is 5.63. The van der Waals surface area contributed by atoms with E-state index in [4.69, 9.17) is 0 Å². The fourth-order valence-corrected chi connectivity index (χ4v) is 2.27. The summed E-state index contributed by atoms with van der Waals surface area (Å²) >= 11 is 0. The standard InChI is InChI=1S/C18H18F3N3O3/c1-11-15(4-3-5-16(11)23-12(2)25)22-10-17(26)24-13-6-8-14(9-7-13)27-18(19,20)21/h3-9,22H,10H2,1-2H3,(H,23,25)(H,24,26). The molecule has 6 nitrogen and oxygen atoms in total. The number of halogens is 3. The molecule has 0 atom stereocenters. The van der Waals surface area contributed by atoms with Crippen LogP contribution in [0.1, 0.15) is 12.5 Å². The Morgan fingerprint density at radius 1 is 1.00 bits per heavy atom. The van der Waals surface area contributed by atoms with Gasteiger partial charge in [-0.25, -0.2) is 0 Å². The molecule has 2 aromatic carbocycles. The van der Waals surface area contributed by atoms with E-state index in [9.17, 15) is 22.8 Å². The summed E-state index contributed by atoms with van der Waals surface area (Å²) in [5.41, 5.74) is 2.41. The molecular formula is C18H18F3N3O3. The molecule has 144 valence electrons. The van der Waals surface area contributed by atoms with E-state index in [1.165, 1.54) is 19.1 Å². The van der Waals surface area contributed by atoms with Gasteiger partial charge in [0.05, 0.1) is 6.54 Å². The highest BCUT2D eigenvalue weighted by Gasteiger charge is 2.30. The minimum atomic E-state index is -4.77. The van der Waals surface area contributed by atoms with Crippen LogP contribution < -0.4 is 20.7 Å². The van der Waals surface area contributed by atoms with Crippen molar-refractivity contribution < 1.29 is 27.5 Å². The SMILES string of the molecule is CC(=O)Nc1cccc(NCC(=O)Nc2ccc(OC(F)(F)F)cc2)c1C. The van der Waals surface area contributed by atoms with Gasteiger partial charge in [0.15, 0.2) is 0 Å². The van der Waals surface area contributed by atoms with Crippen molar-refractivity contribution >= 4 is 28.9 Å². The van der Waals surface area contributed by atoms with Crippen LogP contribution in [0.25, 0.3) is 0 Å². The molecule has 0 aromatic heterocycles. The van der Waals surface area contributed by atoms with E-state index in [2.05, 4.69) is 20.7 Å². The predicted octanol–water partition coefficient (Wildman–Crippen LogP) is 3.90. The molecule has 2 amide bonds. The van der Waals surface area contributed by atoms with Gasteiger partial charge in [-0.15, -0.1) is 13.2 Å². The van der Waals surface area contributed by atoms with E-state index < -0.39 is 6.36 Å². The molecule has 9 heteroatoms. The van der Waals surface area contributed by atoms with E-state index in [1.54, 1.807) is 25.1 Å². The molecule has 0 bridgehead atoms. The zero-order valence-corrected chi connectivity index (χ0v) is 14.6. The Bertz CT molecular complexity index is 821. The Kier molecular flexibility index (Phi) is 6.27. The van der Waals surface area contributed by atoms with Crippen molar-refractivity contribution in [2.24, 2.45) is 0 Å². The molecule has 27 heavy (non-hydrogen) atoms. The molecule has 3 N–H and O–H groups in total. The van der Waals surface area contributed by atoms with Gasteiger partial charge >= 0.3 is 6.36 Å². The first-order valence-electron chi connectivity index (χ1n) is 7.91.